The van der Waals surface area contributed by atoms with E-state index in [2.05, 4.69) is 6.92 Å². The maximum atomic E-state index is 13.4. The molecule has 0 aromatic rings. The number of Topliss-reactive ketones (excluding diaryl/α,β-unsaturated/α-hetero) is 1. The van der Waals surface area contributed by atoms with Crippen LogP contribution in [0.1, 0.15) is 72.6 Å². The molecule has 0 unspecified atom stereocenters. The summed E-state index contributed by atoms with van der Waals surface area (Å²) in [5, 5.41) is 11.5. The van der Waals surface area contributed by atoms with E-state index in [1.807, 2.05) is 6.92 Å². The molecule has 0 aliphatic heterocycles. The van der Waals surface area contributed by atoms with Crippen LogP contribution in [-0.2, 0) is 28.7 Å². The van der Waals surface area contributed by atoms with Gasteiger partial charge in [0.25, 0.3) is 0 Å². The van der Waals surface area contributed by atoms with E-state index in [1.165, 1.54) is 13.8 Å². The maximum Gasteiger partial charge on any atom is 0.303 e. The van der Waals surface area contributed by atoms with E-state index < -0.39 is 41.4 Å². The van der Waals surface area contributed by atoms with E-state index in [0.717, 1.165) is 24.8 Å². The molecule has 0 aromatic heterocycles. The van der Waals surface area contributed by atoms with Crippen molar-refractivity contribution in [3.63, 3.8) is 0 Å². The second-order valence-electron chi connectivity index (χ2n) is 10.7. The third-order valence-corrected chi connectivity index (χ3v) is 9.19. The van der Waals surface area contributed by atoms with E-state index in [1.54, 1.807) is 6.08 Å². The molecule has 0 amide bonds. The molecule has 7 heteroatoms. The highest BCUT2D eigenvalue weighted by atomic mass is 16.6. The van der Waals surface area contributed by atoms with Crippen LogP contribution in [0.5, 0.6) is 0 Å². The van der Waals surface area contributed by atoms with Crippen molar-refractivity contribution in [2.45, 2.75) is 84.3 Å². The Labute approximate surface area is 188 Å². The monoisotopic (exact) mass is 446 g/mol. The number of esters is 2. The van der Waals surface area contributed by atoms with E-state index in [-0.39, 0.29) is 29.0 Å². The number of fused-ring (bicyclic) bond motifs is 5. The zero-order valence-electron chi connectivity index (χ0n) is 19.4. The summed E-state index contributed by atoms with van der Waals surface area (Å²) in [6, 6.07) is 0. The molecule has 7 atom stereocenters. The Bertz CT molecular complexity index is 891. The molecule has 0 spiro atoms. The number of aliphatic hydroxyl groups excluding tert-OH is 1. The average Bonchev–Trinajstić information content (AvgIpc) is 2.98. The van der Waals surface area contributed by atoms with E-state index in [4.69, 9.17) is 9.47 Å². The molecule has 0 bridgehead atoms. The van der Waals surface area contributed by atoms with Gasteiger partial charge in [-0.05, 0) is 67.8 Å². The lowest BCUT2D eigenvalue weighted by atomic mass is 9.45. The van der Waals surface area contributed by atoms with Crippen LogP contribution in [0.25, 0.3) is 0 Å². The van der Waals surface area contributed by atoms with Crippen LogP contribution in [0, 0.1) is 28.6 Å². The van der Waals surface area contributed by atoms with Gasteiger partial charge in [0.05, 0.1) is 6.10 Å². The molecule has 0 heterocycles. The van der Waals surface area contributed by atoms with Gasteiger partial charge in [-0.3, -0.25) is 19.2 Å². The van der Waals surface area contributed by atoms with Crippen molar-refractivity contribution in [2.24, 2.45) is 28.6 Å². The Balaban J connectivity index is 1.72. The summed E-state index contributed by atoms with van der Waals surface area (Å²) >= 11 is 0. The summed E-state index contributed by atoms with van der Waals surface area (Å²) in [5.74, 6) is -1.10. The largest absolute Gasteiger partial charge is 0.458 e. The topological polar surface area (TPSA) is 107 Å². The lowest BCUT2D eigenvalue weighted by Crippen LogP contribution is -2.63. The van der Waals surface area contributed by atoms with Crippen molar-refractivity contribution >= 4 is 23.5 Å². The fourth-order valence-electron chi connectivity index (χ4n) is 7.89. The van der Waals surface area contributed by atoms with Gasteiger partial charge in [-0.1, -0.05) is 19.4 Å². The van der Waals surface area contributed by atoms with E-state index >= 15 is 0 Å². The predicted molar refractivity (Wildman–Crippen MR) is 114 cm³/mol. The highest BCUT2D eigenvalue weighted by Gasteiger charge is 2.70. The molecular formula is C25H34O7. The molecule has 0 aromatic carbocycles. The molecule has 3 saturated carbocycles. The number of rotatable bonds is 4. The number of ether oxygens (including phenoxy) is 2. The van der Waals surface area contributed by atoms with Gasteiger partial charge in [0, 0.05) is 25.7 Å². The first kappa shape index (κ1) is 23.1. The summed E-state index contributed by atoms with van der Waals surface area (Å²) in [5.41, 5.74) is -1.25. The van der Waals surface area contributed by atoms with Crippen LogP contribution in [0.2, 0.25) is 0 Å². The van der Waals surface area contributed by atoms with Crippen LogP contribution in [0.3, 0.4) is 0 Å². The minimum absolute atomic E-state index is 0.00498. The third kappa shape index (κ3) is 3.27. The second-order valence-corrected chi connectivity index (χ2v) is 10.7. The Morgan fingerprint density at radius 3 is 2.47 bits per heavy atom. The van der Waals surface area contributed by atoms with Crippen molar-refractivity contribution in [3.05, 3.63) is 11.6 Å². The minimum Gasteiger partial charge on any atom is -0.458 e. The average molecular weight is 447 g/mol. The van der Waals surface area contributed by atoms with Gasteiger partial charge < -0.3 is 14.6 Å². The maximum absolute atomic E-state index is 13.4. The molecule has 1 N–H and O–H groups in total. The molecule has 0 saturated heterocycles. The first-order valence-electron chi connectivity index (χ1n) is 11.7. The number of allylic oxidation sites excluding steroid dienone is 1. The number of hydrogen-bond donors (Lipinski definition) is 1. The highest BCUT2D eigenvalue weighted by Crippen LogP contribution is 2.68. The van der Waals surface area contributed by atoms with Crippen molar-refractivity contribution in [1.29, 1.82) is 0 Å². The lowest BCUT2D eigenvalue weighted by Gasteiger charge is -2.60. The second kappa shape index (κ2) is 7.79. The van der Waals surface area contributed by atoms with E-state index in [9.17, 15) is 24.3 Å². The predicted octanol–water partition coefficient (Wildman–Crippen LogP) is 2.92. The quantitative estimate of drug-likeness (QED) is 0.662. The SMILES string of the molecule is CC(=O)OCC(=O)[C@]1(OC(C)=O)CC[C@@H]2[C@H]3CCC4=CC(=O)CC[C@]4(C)[C@@H]3[C@H](O)C[C@@]21C. The van der Waals surface area contributed by atoms with Gasteiger partial charge >= 0.3 is 11.9 Å². The van der Waals surface area contributed by atoms with Crippen LogP contribution in [0.4, 0.5) is 0 Å². The first-order chi connectivity index (χ1) is 14.9. The Morgan fingerprint density at radius 2 is 1.81 bits per heavy atom. The molecule has 4 rings (SSSR count). The third-order valence-electron chi connectivity index (χ3n) is 9.19. The number of ketones is 2. The summed E-state index contributed by atoms with van der Waals surface area (Å²) in [4.78, 5) is 48.9. The van der Waals surface area contributed by atoms with Gasteiger partial charge in [0.2, 0.25) is 5.78 Å². The van der Waals surface area contributed by atoms with Crippen LogP contribution >= 0.6 is 0 Å². The molecule has 7 nitrogen and oxygen atoms in total. The van der Waals surface area contributed by atoms with Gasteiger partial charge in [-0.2, -0.15) is 0 Å². The number of carbonyl (C=O) groups excluding carboxylic acids is 4. The lowest BCUT2D eigenvalue weighted by molar-refractivity contribution is -0.201. The summed E-state index contributed by atoms with van der Waals surface area (Å²) in [6.07, 6.45) is 5.39. The normalized spacial score (nSPS) is 42.8. The molecule has 176 valence electrons. The van der Waals surface area contributed by atoms with Gasteiger partial charge in [-0.15, -0.1) is 0 Å². The van der Waals surface area contributed by atoms with Crippen molar-refractivity contribution < 1.29 is 33.8 Å². The zero-order chi connectivity index (χ0) is 23.5. The Morgan fingerprint density at radius 1 is 1.09 bits per heavy atom. The summed E-state index contributed by atoms with van der Waals surface area (Å²) in [6.45, 7) is 6.22. The van der Waals surface area contributed by atoms with Gasteiger partial charge in [-0.25, -0.2) is 0 Å². The minimum atomic E-state index is -1.41. The number of hydrogen-bond acceptors (Lipinski definition) is 7. The Hall–Kier alpha value is -2.02. The molecule has 32 heavy (non-hydrogen) atoms. The highest BCUT2D eigenvalue weighted by molar-refractivity contribution is 5.93. The standard InChI is InChI=1S/C25H34O7/c1-14(26)31-13-21(30)25(32-15(2)27)10-8-19-18-6-5-16-11-17(28)7-9-23(16,3)22(18)20(29)12-24(19,25)4/h11,18-20,22,29H,5-10,12-13H2,1-4H3/t18-,19-,20-,22+,23+,24+,25-/m1/s1. The fourth-order valence-corrected chi connectivity index (χ4v) is 7.89. The first-order valence-corrected chi connectivity index (χ1v) is 11.7. The molecule has 3 fully saturated rings. The molecular weight excluding hydrogens is 412 g/mol. The number of aliphatic hydroxyl groups is 1. The van der Waals surface area contributed by atoms with E-state index in [0.29, 0.717) is 25.7 Å². The Kier molecular flexibility index (Phi) is 5.63. The summed E-state index contributed by atoms with van der Waals surface area (Å²) in [7, 11) is 0. The zero-order valence-corrected chi connectivity index (χ0v) is 19.4. The van der Waals surface area contributed by atoms with Crippen LogP contribution < -0.4 is 0 Å². The van der Waals surface area contributed by atoms with Gasteiger partial charge in [0.15, 0.2) is 18.0 Å². The summed E-state index contributed by atoms with van der Waals surface area (Å²) < 4.78 is 10.8. The van der Waals surface area contributed by atoms with Crippen LogP contribution in [-0.4, -0.2) is 46.9 Å². The smallest absolute Gasteiger partial charge is 0.303 e. The van der Waals surface area contributed by atoms with Crippen molar-refractivity contribution in [3.8, 4) is 0 Å². The molecule has 0 radical (unpaired) electrons. The molecule has 4 aliphatic rings. The van der Waals surface area contributed by atoms with Crippen molar-refractivity contribution in [2.75, 3.05) is 6.61 Å². The van der Waals surface area contributed by atoms with Gasteiger partial charge in [0.1, 0.15) is 0 Å². The number of carbonyl (C=O) groups is 4. The van der Waals surface area contributed by atoms with Crippen LogP contribution in [0.15, 0.2) is 11.6 Å². The molecule has 4 aliphatic carbocycles. The van der Waals surface area contributed by atoms with Crippen molar-refractivity contribution in [1.82, 2.24) is 0 Å². The fraction of sp³-hybridized carbons (Fsp3) is 0.760.